The van der Waals surface area contributed by atoms with Crippen molar-refractivity contribution >= 4 is 13.7 Å². The number of amides is 1. The summed E-state index contributed by atoms with van der Waals surface area (Å²) in [6, 6.07) is -0.869. The van der Waals surface area contributed by atoms with Crippen LogP contribution >= 0.6 is 7.82 Å². The molecule has 0 fully saturated rings. The Hall–Kier alpha value is -3.10. The van der Waals surface area contributed by atoms with Crippen molar-refractivity contribution in [2.24, 2.45) is 0 Å². The highest BCUT2D eigenvalue weighted by molar-refractivity contribution is 7.47. The van der Waals surface area contributed by atoms with E-state index in [0.717, 1.165) is 96.3 Å². The predicted octanol–water partition coefficient (Wildman–Crippen LogP) is 11.9. The van der Waals surface area contributed by atoms with Crippen LogP contribution in [0.5, 0.6) is 0 Å². The minimum absolute atomic E-state index is 0.0457. The van der Waals surface area contributed by atoms with E-state index in [0.29, 0.717) is 23.9 Å². The van der Waals surface area contributed by atoms with Crippen molar-refractivity contribution in [1.82, 2.24) is 5.32 Å². The van der Waals surface area contributed by atoms with Gasteiger partial charge in [0.25, 0.3) is 0 Å². The van der Waals surface area contributed by atoms with Crippen LogP contribution in [0.2, 0.25) is 0 Å². The first-order valence-corrected chi connectivity index (χ1v) is 22.9. The Balaban J connectivity index is 4.15. The predicted molar refractivity (Wildman–Crippen MR) is 244 cm³/mol. The van der Waals surface area contributed by atoms with Crippen LogP contribution in [-0.4, -0.2) is 73.4 Å². The van der Waals surface area contributed by atoms with E-state index in [-0.39, 0.29) is 19.1 Å². The van der Waals surface area contributed by atoms with Gasteiger partial charge in [0, 0.05) is 6.42 Å². The maximum absolute atomic E-state index is 12.7. The fraction of sp³-hybridized carbons (Fsp3) is 0.562. The van der Waals surface area contributed by atoms with E-state index >= 15 is 0 Å². The molecule has 3 N–H and O–H groups in total. The number of aliphatic hydroxyl groups is 1. The van der Waals surface area contributed by atoms with Gasteiger partial charge in [0.2, 0.25) is 5.91 Å². The molecular weight excluding hydrogens is 732 g/mol. The summed E-state index contributed by atoms with van der Waals surface area (Å²) >= 11 is 0. The second-order valence-electron chi connectivity index (χ2n) is 15.0. The van der Waals surface area contributed by atoms with Gasteiger partial charge < -0.3 is 19.8 Å². The number of phosphoric ester groups is 1. The fourth-order valence-electron chi connectivity index (χ4n) is 5.02. The first kappa shape index (κ1) is 53.9. The molecule has 0 saturated heterocycles. The van der Waals surface area contributed by atoms with Crippen LogP contribution in [0.1, 0.15) is 123 Å². The third kappa shape index (κ3) is 40.9. The Morgan fingerprint density at radius 2 is 1.05 bits per heavy atom. The van der Waals surface area contributed by atoms with Gasteiger partial charge in [-0.2, -0.15) is 0 Å². The smallest absolute Gasteiger partial charge is 0.387 e. The number of carbonyl (C=O) groups excluding carboxylic acids is 1. The second kappa shape index (κ2) is 38.4. The highest BCUT2D eigenvalue weighted by Crippen LogP contribution is 2.43. The van der Waals surface area contributed by atoms with Crippen LogP contribution in [0.25, 0.3) is 0 Å². The largest absolute Gasteiger partial charge is 0.472 e. The summed E-state index contributed by atoms with van der Waals surface area (Å²) in [7, 11) is 1.52. The monoisotopic (exact) mass is 812 g/mol. The van der Waals surface area contributed by atoms with Crippen molar-refractivity contribution in [3.63, 3.8) is 0 Å². The highest BCUT2D eigenvalue weighted by atomic mass is 31.2. The molecule has 0 aliphatic heterocycles. The Morgan fingerprint density at radius 3 is 1.49 bits per heavy atom. The molecule has 0 aliphatic carbocycles. The van der Waals surface area contributed by atoms with E-state index in [2.05, 4.69) is 129 Å². The van der Waals surface area contributed by atoms with Crippen LogP contribution in [0.15, 0.2) is 122 Å². The average Bonchev–Trinajstić information content (AvgIpc) is 3.16. The molecule has 0 spiro atoms. The molecule has 0 aliphatic rings. The normalized spacial score (nSPS) is 15.6. The maximum atomic E-state index is 12.7. The highest BCUT2D eigenvalue weighted by Gasteiger charge is 2.27. The standard InChI is InChI=1S/C48H79N2O6P/c1-6-8-10-12-13-14-15-16-17-18-19-20-21-22-23-24-25-26-27-28-29-30-31-32-33-34-35-36-37-38-40-42-48(52)49-46(47(51)41-39-11-9-7-2)45-56-57(53,54)55-44-43-50(3,4)5/h8,10,13-14,16-17,19-20,22-23,25-26,28-29,31-32,34-35,39,41,46-47,51H,6-7,9,11-12,15,18,21,24,27,30,33,36-38,40,42-45H2,1-5H3,(H-,49,52,53,54)/p+1/b10-8-,14-13-,17-16-,20-19-,23-22-,26-25-,29-28-,32-31-,35-34-,41-39+. The fourth-order valence-corrected chi connectivity index (χ4v) is 5.75. The Morgan fingerprint density at radius 1 is 0.614 bits per heavy atom. The van der Waals surface area contributed by atoms with Gasteiger partial charge in [0.15, 0.2) is 0 Å². The molecule has 1 amide bonds. The van der Waals surface area contributed by atoms with Gasteiger partial charge in [0.05, 0.1) is 39.9 Å². The van der Waals surface area contributed by atoms with Crippen LogP contribution in [0.3, 0.4) is 0 Å². The topological polar surface area (TPSA) is 105 Å². The van der Waals surface area contributed by atoms with Crippen LogP contribution in [-0.2, 0) is 18.4 Å². The van der Waals surface area contributed by atoms with Gasteiger partial charge >= 0.3 is 7.82 Å². The van der Waals surface area contributed by atoms with Crippen molar-refractivity contribution in [3.05, 3.63) is 122 Å². The number of hydrogen-bond donors (Lipinski definition) is 3. The zero-order valence-corrected chi connectivity index (χ0v) is 37.2. The molecule has 0 aromatic rings. The summed E-state index contributed by atoms with van der Waals surface area (Å²) in [6.07, 6.45) is 57.7. The number of hydrogen-bond acceptors (Lipinski definition) is 5. The molecular formula is C48H80N2O6P+. The zero-order valence-electron chi connectivity index (χ0n) is 36.3. The molecule has 0 bridgehead atoms. The number of aliphatic hydroxyl groups excluding tert-OH is 1. The van der Waals surface area contributed by atoms with Gasteiger partial charge in [0.1, 0.15) is 13.2 Å². The van der Waals surface area contributed by atoms with Crippen molar-refractivity contribution < 1.29 is 32.9 Å². The number of nitrogens with zero attached hydrogens (tertiary/aromatic N) is 1. The second-order valence-corrected chi connectivity index (χ2v) is 16.4. The van der Waals surface area contributed by atoms with E-state index in [1.165, 1.54) is 0 Å². The lowest BCUT2D eigenvalue weighted by Gasteiger charge is -2.25. The molecule has 57 heavy (non-hydrogen) atoms. The third-order valence-electron chi connectivity index (χ3n) is 8.44. The summed E-state index contributed by atoms with van der Waals surface area (Å²) < 4.78 is 23.2. The first-order valence-electron chi connectivity index (χ1n) is 21.4. The molecule has 0 saturated carbocycles. The van der Waals surface area contributed by atoms with Gasteiger partial charge in [-0.15, -0.1) is 0 Å². The molecule has 322 valence electrons. The lowest BCUT2D eigenvalue weighted by atomic mass is 10.1. The van der Waals surface area contributed by atoms with E-state index < -0.39 is 20.0 Å². The van der Waals surface area contributed by atoms with Gasteiger partial charge in [-0.1, -0.05) is 155 Å². The van der Waals surface area contributed by atoms with E-state index in [1.807, 2.05) is 27.2 Å². The average molecular weight is 812 g/mol. The van der Waals surface area contributed by atoms with Crippen LogP contribution < -0.4 is 5.32 Å². The Bertz CT molecular complexity index is 1330. The summed E-state index contributed by atoms with van der Waals surface area (Å²) in [5.41, 5.74) is 0. The first-order chi connectivity index (χ1) is 27.5. The number of carbonyl (C=O) groups is 1. The van der Waals surface area contributed by atoms with Crippen LogP contribution in [0, 0.1) is 0 Å². The van der Waals surface area contributed by atoms with Crippen molar-refractivity contribution in [2.45, 2.75) is 135 Å². The van der Waals surface area contributed by atoms with E-state index in [1.54, 1.807) is 6.08 Å². The minimum atomic E-state index is -4.34. The Labute approximate surface area is 348 Å². The summed E-state index contributed by atoms with van der Waals surface area (Å²) in [6.45, 7) is 4.47. The number of nitrogens with one attached hydrogen (secondary N) is 1. The van der Waals surface area contributed by atoms with Gasteiger partial charge in [-0.25, -0.2) is 4.57 Å². The SMILES string of the molecule is CC/C=C\C/C=C\C/C=C\C/C=C\C/C=C\C/C=C\C/C=C\C/C=C\C/C=C\CCCCCC(=O)NC(COP(=O)(O)OCC[N+](C)(C)C)C(O)/C=C/CCCC. The van der Waals surface area contributed by atoms with Crippen molar-refractivity contribution in [2.75, 3.05) is 40.9 Å². The third-order valence-corrected chi connectivity index (χ3v) is 9.42. The number of unbranched alkanes of at least 4 members (excludes halogenated alkanes) is 5. The molecule has 0 heterocycles. The summed E-state index contributed by atoms with van der Waals surface area (Å²) in [4.78, 5) is 22.8. The number of quaternary nitrogens is 1. The lowest BCUT2D eigenvalue weighted by Crippen LogP contribution is -2.45. The van der Waals surface area contributed by atoms with Crippen molar-refractivity contribution in [1.29, 1.82) is 0 Å². The molecule has 0 rings (SSSR count). The number of rotatable bonds is 36. The lowest BCUT2D eigenvalue weighted by molar-refractivity contribution is -0.870. The molecule has 3 atom stereocenters. The zero-order chi connectivity index (χ0) is 42.1. The molecule has 9 heteroatoms. The molecule has 0 aromatic carbocycles. The van der Waals surface area contributed by atoms with E-state index in [4.69, 9.17) is 9.05 Å². The van der Waals surface area contributed by atoms with Crippen LogP contribution in [0.4, 0.5) is 0 Å². The maximum Gasteiger partial charge on any atom is 0.472 e. The van der Waals surface area contributed by atoms with Crippen molar-refractivity contribution in [3.8, 4) is 0 Å². The molecule has 0 radical (unpaired) electrons. The molecule has 0 aromatic heterocycles. The molecule has 8 nitrogen and oxygen atoms in total. The molecule has 3 unspecified atom stereocenters. The Kier molecular flexibility index (Phi) is 36.3. The summed E-state index contributed by atoms with van der Waals surface area (Å²) in [5, 5.41) is 13.5. The number of likely N-dealkylation sites (N-methyl/N-ethyl adjacent to an activating group) is 1. The minimum Gasteiger partial charge on any atom is -0.387 e. The van der Waals surface area contributed by atoms with Gasteiger partial charge in [-0.05, 0) is 83.5 Å². The number of allylic oxidation sites excluding steroid dienone is 19. The summed E-state index contributed by atoms with van der Waals surface area (Å²) in [5.74, 6) is -0.226. The number of phosphoric acid groups is 1. The van der Waals surface area contributed by atoms with Gasteiger partial charge in [-0.3, -0.25) is 13.8 Å². The van der Waals surface area contributed by atoms with E-state index in [9.17, 15) is 19.4 Å². The quantitative estimate of drug-likeness (QED) is 0.0252.